The van der Waals surface area contributed by atoms with Gasteiger partial charge in [-0.05, 0) is 23.8 Å². The highest BCUT2D eigenvalue weighted by Gasteiger charge is 2.52. The Bertz CT molecular complexity index is 851. The van der Waals surface area contributed by atoms with E-state index in [1.807, 2.05) is 12.1 Å². The van der Waals surface area contributed by atoms with Crippen molar-refractivity contribution in [3.63, 3.8) is 0 Å². The molecule has 0 unspecified atom stereocenters. The van der Waals surface area contributed by atoms with Gasteiger partial charge in [0.25, 0.3) is 5.91 Å². The molecular formula is C17H19N3O4S. The van der Waals surface area contributed by atoms with Gasteiger partial charge in [0.15, 0.2) is 9.84 Å². The molecule has 3 atom stereocenters. The Kier molecular flexibility index (Phi) is 4.09. The van der Waals surface area contributed by atoms with Crippen LogP contribution in [0.5, 0.6) is 0 Å². The number of carbonyl (C=O) groups is 1. The third-order valence-corrected chi connectivity index (χ3v) is 7.27. The topological polar surface area (TPSA) is 92.5 Å². The minimum atomic E-state index is -3.20. The summed E-state index contributed by atoms with van der Waals surface area (Å²) in [4.78, 5) is 18.4. The van der Waals surface area contributed by atoms with Crippen molar-refractivity contribution in [1.29, 1.82) is 0 Å². The van der Waals surface area contributed by atoms with Gasteiger partial charge in [0, 0.05) is 44.0 Å². The molecule has 1 N–H and O–H groups in total. The van der Waals surface area contributed by atoms with Crippen molar-refractivity contribution in [3.8, 4) is 0 Å². The number of hydrogen-bond donors (Lipinski definition) is 1. The fourth-order valence-electron chi connectivity index (χ4n) is 3.81. The van der Waals surface area contributed by atoms with Gasteiger partial charge in [-0.3, -0.25) is 14.7 Å². The molecule has 0 aliphatic carbocycles. The molecule has 8 heteroatoms. The number of rotatable bonds is 4. The van der Waals surface area contributed by atoms with E-state index in [2.05, 4.69) is 15.2 Å². The molecule has 25 heavy (non-hydrogen) atoms. The maximum atomic E-state index is 12.5. The normalized spacial score (nSPS) is 27.9. The van der Waals surface area contributed by atoms with Crippen LogP contribution in [-0.4, -0.2) is 54.3 Å². The summed E-state index contributed by atoms with van der Waals surface area (Å²) in [5.41, 5.74) is 1.51. The zero-order chi connectivity index (χ0) is 17.4. The third-order valence-electron chi connectivity index (χ3n) is 5.03. The number of nitrogens with zero attached hydrogens (tertiary/aromatic N) is 2. The molecule has 2 aliphatic heterocycles. The van der Waals surface area contributed by atoms with Crippen LogP contribution >= 0.6 is 0 Å². The SMILES string of the molecule is O=C(N[C@@H]1CS(=O)(=O)[C@H]2CN(Cc3ccncc3)C[C@@H]12)c1ccoc1. The first kappa shape index (κ1) is 16.3. The first-order valence-corrected chi connectivity index (χ1v) is 9.90. The highest BCUT2D eigenvalue weighted by molar-refractivity contribution is 7.92. The molecule has 0 spiro atoms. The average molecular weight is 361 g/mol. The van der Waals surface area contributed by atoms with Crippen molar-refractivity contribution >= 4 is 15.7 Å². The smallest absolute Gasteiger partial charge is 0.254 e. The van der Waals surface area contributed by atoms with E-state index in [4.69, 9.17) is 4.42 Å². The van der Waals surface area contributed by atoms with Crippen molar-refractivity contribution in [2.45, 2.75) is 17.8 Å². The molecule has 0 aromatic carbocycles. The number of nitrogens with one attached hydrogen (secondary N) is 1. The van der Waals surface area contributed by atoms with E-state index >= 15 is 0 Å². The van der Waals surface area contributed by atoms with Gasteiger partial charge >= 0.3 is 0 Å². The molecule has 7 nitrogen and oxygen atoms in total. The molecule has 0 saturated carbocycles. The van der Waals surface area contributed by atoms with Crippen LogP contribution in [0.25, 0.3) is 0 Å². The number of aromatic nitrogens is 1. The van der Waals surface area contributed by atoms with Crippen molar-refractivity contribution in [1.82, 2.24) is 15.2 Å². The van der Waals surface area contributed by atoms with Gasteiger partial charge in [0.2, 0.25) is 0 Å². The number of hydrogen-bond acceptors (Lipinski definition) is 6. The summed E-state index contributed by atoms with van der Waals surface area (Å²) < 4.78 is 29.9. The number of carbonyl (C=O) groups excluding carboxylic acids is 1. The molecule has 4 rings (SSSR count). The minimum Gasteiger partial charge on any atom is -0.472 e. The monoisotopic (exact) mass is 361 g/mol. The van der Waals surface area contributed by atoms with E-state index < -0.39 is 15.1 Å². The fraction of sp³-hybridized carbons (Fsp3) is 0.412. The number of sulfone groups is 1. The summed E-state index contributed by atoms with van der Waals surface area (Å²) in [6.45, 7) is 1.85. The van der Waals surface area contributed by atoms with Crippen LogP contribution in [0.4, 0.5) is 0 Å². The Balaban J connectivity index is 1.47. The van der Waals surface area contributed by atoms with Crippen LogP contribution in [0.2, 0.25) is 0 Å². The summed E-state index contributed by atoms with van der Waals surface area (Å²) in [6, 6.07) is 5.07. The minimum absolute atomic E-state index is 0.00895. The Labute approximate surface area is 146 Å². The third kappa shape index (κ3) is 3.19. The first-order valence-electron chi connectivity index (χ1n) is 8.19. The maximum Gasteiger partial charge on any atom is 0.254 e. The molecule has 2 saturated heterocycles. The van der Waals surface area contributed by atoms with Gasteiger partial charge in [0.05, 0.1) is 22.8 Å². The molecule has 2 aromatic heterocycles. The molecule has 4 heterocycles. The predicted octanol–water partition coefficient (Wildman–Crippen LogP) is 0.702. The van der Waals surface area contributed by atoms with Gasteiger partial charge < -0.3 is 9.73 Å². The number of fused-ring (bicyclic) bond motifs is 1. The van der Waals surface area contributed by atoms with E-state index in [1.165, 1.54) is 12.5 Å². The second-order valence-electron chi connectivity index (χ2n) is 6.67. The lowest BCUT2D eigenvalue weighted by Crippen LogP contribution is -2.41. The van der Waals surface area contributed by atoms with Crippen LogP contribution in [-0.2, 0) is 16.4 Å². The standard InChI is InChI=1S/C17H19N3O4S/c21-17(13-3-6-24-10-13)19-15-11-25(22,23)16-9-20(8-14(15)16)7-12-1-4-18-5-2-12/h1-6,10,14-16H,7-9,11H2,(H,19,21)/t14-,15+,16-/m0/s1. The average Bonchev–Trinajstić information content (AvgIpc) is 3.28. The zero-order valence-electron chi connectivity index (χ0n) is 13.5. The lowest BCUT2D eigenvalue weighted by Gasteiger charge is -2.20. The lowest BCUT2D eigenvalue weighted by atomic mass is 10.0. The Morgan fingerprint density at radius 1 is 1.28 bits per heavy atom. The summed E-state index contributed by atoms with van der Waals surface area (Å²) in [6.07, 6.45) is 6.25. The summed E-state index contributed by atoms with van der Waals surface area (Å²) in [5.74, 6) is -0.362. The molecule has 0 radical (unpaired) electrons. The van der Waals surface area contributed by atoms with Gasteiger partial charge in [-0.1, -0.05) is 0 Å². The highest BCUT2D eigenvalue weighted by atomic mass is 32.2. The van der Waals surface area contributed by atoms with E-state index in [-0.39, 0.29) is 23.6 Å². The Morgan fingerprint density at radius 2 is 2.08 bits per heavy atom. The van der Waals surface area contributed by atoms with Crippen LogP contribution in [0.3, 0.4) is 0 Å². The van der Waals surface area contributed by atoms with Gasteiger partial charge in [0.1, 0.15) is 6.26 Å². The van der Waals surface area contributed by atoms with Gasteiger partial charge in [-0.25, -0.2) is 8.42 Å². The van der Waals surface area contributed by atoms with Crippen molar-refractivity contribution < 1.29 is 17.6 Å². The quantitative estimate of drug-likeness (QED) is 0.862. The largest absolute Gasteiger partial charge is 0.472 e. The number of furan rings is 1. The lowest BCUT2D eigenvalue weighted by molar-refractivity contribution is 0.0930. The number of likely N-dealkylation sites (tertiary alicyclic amines) is 1. The van der Waals surface area contributed by atoms with Crippen LogP contribution in [0.15, 0.2) is 47.5 Å². The Morgan fingerprint density at radius 3 is 2.80 bits per heavy atom. The molecule has 2 fully saturated rings. The van der Waals surface area contributed by atoms with E-state index in [0.29, 0.717) is 25.2 Å². The van der Waals surface area contributed by atoms with Gasteiger partial charge in [-0.2, -0.15) is 0 Å². The van der Waals surface area contributed by atoms with Crippen LogP contribution in [0.1, 0.15) is 15.9 Å². The first-order chi connectivity index (χ1) is 12.0. The molecule has 0 bridgehead atoms. The molecule has 1 amide bonds. The number of pyridine rings is 1. The molecular weight excluding hydrogens is 342 g/mol. The molecule has 2 aliphatic rings. The van der Waals surface area contributed by atoms with E-state index in [9.17, 15) is 13.2 Å². The predicted molar refractivity (Wildman–Crippen MR) is 90.5 cm³/mol. The summed E-state index contributed by atoms with van der Waals surface area (Å²) in [5, 5.41) is 2.46. The number of amides is 1. The van der Waals surface area contributed by atoms with Crippen molar-refractivity contribution in [3.05, 3.63) is 54.2 Å². The summed E-state index contributed by atoms with van der Waals surface area (Å²) in [7, 11) is -3.20. The van der Waals surface area contributed by atoms with E-state index in [1.54, 1.807) is 18.5 Å². The Hall–Kier alpha value is -2.19. The second-order valence-corrected chi connectivity index (χ2v) is 8.94. The van der Waals surface area contributed by atoms with Crippen LogP contribution in [0, 0.1) is 5.92 Å². The highest BCUT2D eigenvalue weighted by Crippen LogP contribution is 2.34. The zero-order valence-corrected chi connectivity index (χ0v) is 14.4. The molecule has 132 valence electrons. The second kappa shape index (κ2) is 6.27. The fourth-order valence-corrected chi connectivity index (χ4v) is 6.14. The van der Waals surface area contributed by atoms with Crippen LogP contribution < -0.4 is 5.32 Å². The van der Waals surface area contributed by atoms with Gasteiger partial charge in [-0.15, -0.1) is 0 Å². The van der Waals surface area contributed by atoms with E-state index in [0.717, 1.165) is 5.56 Å². The van der Waals surface area contributed by atoms with Crippen molar-refractivity contribution in [2.24, 2.45) is 5.92 Å². The molecule has 2 aromatic rings. The maximum absolute atomic E-state index is 12.5. The van der Waals surface area contributed by atoms with Crippen molar-refractivity contribution in [2.75, 3.05) is 18.8 Å². The summed E-state index contributed by atoms with van der Waals surface area (Å²) >= 11 is 0.